The summed E-state index contributed by atoms with van der Waals surface area (Å²) < 4.78 is 6.14. The lowest BCUT2D eigenvalue weighted by Gasteiger charge is -1.99. The van der Waals surface area contributed by atoms with E-state index in [4.69, 9.17) is 21.9 Å². The summed E-state index contributed by atoms with van der Waals surface area (Å²) in [5.41, 5.74) is 8.01. The molecule has 0 unspecified atom stereocenters. The molecule has 1 heterocycles. The van der Waals surface area contributed by atoms with Crippen molar-refractivity contribution >= 4 is 33.2 Å². The zero-order valence-corrected chi connectivity index (χ0v) is 12.5. The molecular weight excluding hydrogens is 342 g/mol. The van der Waals surface area contributed by atoms with Crippen LogP contribution < -0.4 is 5.73 Å². The van der Waals surface area contributed by atoms with Gasteiger partial charge in [0.05, 0.1) is 5.56 Å². The number of rotatable bonds is 2. The molecule has 3 aromatic rings. The molecule has 0 aliphatic rings. The average molecular weight is 351 g/mol. The molecule has 0 radical (unpaired) electrons. The van der Waals surface area contributed by atoms with Gasteiger partial charge in [-0.2, -0.15) is 4.98 Å². The first-order valence-corrected chi connectivity index (χ1v) is 6.95. The van der Waals surface area contributed by atoms with E-state index in [1.807, 2.05) is 18.2 Å². The third-order valence-corrected chi connectivity index (χ3v) is 3.69. The number of aromatic nitrogens is 2. The number of hydrogen-bond donors (Lipinski definition) is 1. The number of halogens is 2. The van der Waals surface area contributed by atoms with Crippen molar-refractivity contribution in [1.29, 1.82) is 0 Å². The first kappa shape index (κ1) is 13.1. The van der Waals surface area contributed by atoms with Gasteiger partial charge in [-0.15, -0.1) is 0 Å². The average Bonchev–Trinajstić information content (AvgIpc) is 2.92. The molecule has 100 valence electrons. The van der Waals surface area contributed by atoms with E-state index in [0.717, 1.165) is 15.6 Å². The molecule has 0 atom stereocenters. The Bertz CT molecular complexity index is 755. The molecule has 0 saturated heterocycles. The van der Waals surface area contributed by atoms with Crippen LogP contribution in [0.1, 0.15) is 0 Å². The van der Waals surface area contributed by atoms with Gasteiger partial charge in [0.15, 0.2) is 0 Å². The van der Waals surface area contributed by atoms with E-state index in [1.165, 1.54) is 0 Å². The molecule has 0 saturated carbocycles. The van der Waals surface area contributed by atoms with Gasteiger partial charge in [-0.25, -0.2) is 0 Å². The highest BCUT2D eigenvalue weighted by atomic mass is 79.9. The van der Waals surface area contributed by atoms with E-state index in [1.54, 1.807) is 24.3 Å². The number of nitrogens with two attached hydrogens (primary N) is 1. The van der Waals surface area contributed by atoms with Crippen LogP contribution in [0.2, 0.25) is 5.02 Å². The van der Waals surface area contributed by atoms with Crippen LogP contribution in [0, 0.1) is 0 Å². The Kier molecular flexibility index (Phi) is 3.46. The normalized spacial score (nSPS) is 10.7. The Morgan fingerprint density at radius 3 is 2.60 bits per heavy atom. The van der Waals surface area contributed by atoms with Crippen LogP contribution in [0.25, 0.3) is 22.8 Å². The monoisotopic (exact) mass is 349 g/mol. The van der Waals surface area contributed by atoms with Crippen LogP contribution in [0.3, 0.4) is 0 Å². The van der Waals surface area contributed by atoms with Gasteiger partial charge in [-0.1, -0.05) is 16.8 Å². The smallest absolute Gasteiger partial charge is 0.259 e. The molecule has 2 aromatic carbocycles. The SMILES string of the molecule is Nc1ccc(Br)c(-c2nc(-c3ccc(Cl)cc3)no2)c1. The second-order valence-electron chi connectivity index (χ2n) is 4.17. The van der Waals surface area contributed by atoms with Crippen LogP contribution in [-0.4, -0.2) is 10.1 Å². The van der Waals surface area contributed by atoms with Gasteiger partial charge in [0, 0.05) is 20.7 Å². The van der Waals surface area contributed by atoms with Crippen LogP contribution in [-0.2, 0) is 0 Å². The van der Waals surface area contributed by atoms with Crippen LogP contribution in [0.15, 0.2) is 51.5 Å². The lowest BCUT2D eigenvalue weighted by molar-refractivity contribution is 0.432. The number of hydrogen-bond acceptors (Lipinski definition) is 4. The minimum atomic E-state index is 0.411. The molecule has 2 N–H and O–H groups in total. The third-order valence-electron chi connectivity index (χ3n) is 2.75. The number of nitrogen functional groups attached to an aromatic ring is 1. The highest BCUT2D eigenvalue weighted by Gasteiger charge is 2.13. The zero-order valence-electron chi connectivity index (χ0n) is 10.2. The van der Waals surface area contributed by atoms with Crippen LogP contribution in [0.4, 0.5) is 5.69 Å². The number of anilines is 1. The van der Waals surface area contributed by atoms with Gasteiger partial charge in [0.2, 0.25) is 5.82 Å². The Morgan fingerprint density at radius 1 is 1.10 bits per heavy atom. The maximum atomic E-state index is 5.85. The number of benzene rings is 2. The van der Waals surface area contributed by atoms with E-state index < -0.39 is 0 Å². The van der Waals surface area contributed by atoms with Crippen LogP contribution >= 0.6 is 27.5 Å². The van der Waals surface area contributed by atoms with Crippen molar-refractivity contribution in [1.82, 2.24) is 10.1 Å². The predicted octanol–water partition coefficient (Wildman–Crippen LogP) is 4.40. The minimum absolute atomic E-state index is 0.411. The van der Waals surface area contributed by atoms with Crippen molar-refractivity contribution in [3.8, 4) is 22.8 Å². The Balaban J connectivity index is 2.01. The summed E-state index contributed by atoms with van der Waals surface area (Å²) in [6.07, 6.45) is 0. The Morgan fingerprint density at radius 2 is 1.85 bits per heavy atom. The summed E-state index contributed by atoms with van der Waals surface area (Å²) in [4.78, 5) is 4.38. The fraction of sp³-hybridized carbons (Fsp3) is 0. The zero-order chi connectivity index (χ0) is 14.1. The van der Waals surface area contributed by atoms with E-state index >= 15 is 0 Å². The third kappa shape index (κ3) is 2.55. The molecule has 0 spiro atoms. The van der Waals surface area contributed by atoms with Crippen molar-refractivity contribution in [3.63, 3.8) is 0 Å². The molecule has 0 aliphatic heterocycles. The standard InChI is InChI=1S/C14H9BrClN3O/c15-12-6-5-10(17)7-11(12)14-18-13(19-20-14)8-1-3-9(16)4-2-8/h1-7H,17H2. The first-order chi connectivity index (χ1) is 9.63. The van der Waals surface area contributed by atoms with Crippen molar-refractivity contribution in [2.45, 2.75) is 0 Å². The van der Waals surface area contributed by atoms with Gasteiger partial charge in [0.25, 0.3) is 5.89 Å². The summed E-state index contributed by atoms with van der Waals surface area (Å²) in [5, 5.41) is 4.64. The van der Waals surface area contributed by atoms with Crippen molar-refractivity contribution < 1.29 is 4.52 Å². The van der Waals surface area contributed by atoms with Gasteiger partial charge in [-0.05, 0) is 58.4 Å². The molecule has 3 rings (SSSR count). The van der Waals surface area contributed by atoms with Crippen molar-refractivity contribution in [3.05, 3.63) is 52.0 Å². The predicted molar refractivity (Wildman–Crippen MR) is 82.3 cm³/mol. The van der Waals surface area contributed by atoms with Gasteiger partial charge < -0.3 is 10.3 Å². The van der Waals surface area contributed by atoms with E-state index in [0.29, 0.717) is 22.4 Å². The van der Waals surface area contributed by atoms with Gasteiger partial charge in [0.1, 0.15) is 0 Å². The van der Waals surface area contributed by atoms with E-state index in [9.17, 15) is 0 Å². The quantitative estimate of drug-likeness (QED) is 0.696. The highest BCUT2D eigenvalue weighted by molar-refractivity contribution is 9.10. The highest BCUT2D eigenvalue weighted by Crippen LogP contribution is 2.30. The molecule has 0 amide bonds. The molecule has 0 fully saturated rings. The summed E-state index contributed by atoms with van der Waals surface area (Å²) in [7, 11) is 0. The molecule has 20 heavy (non-hydrogen) atoms. The maximum Gasteiger partial charge on any atom is 0.259 e. The fourth-order valence-electron chi connectivity index (χ4n) is 1.76. The minimum Gasteiger partial charge on any atom is -0.399 e. The van der Waals surface area contributed by atoms with Crippen molar-refractivity contribution in [2.75, 3.05) is 5.73 Å². The largest absolute Gasteiger partial charge is 0.399 e. The lowest BCUT2D eigenvalue weighted by atomic mass is 10.2. The van der Waals surface area contributed by atoms with E-state index in [-0.39, 0.29) is 0 Å². The van der Waals surface area contributed by atoms with Gasteiger partial charge >= 0.3 is 0 Å². The summed E-state index contributed by atoms with van der Waals surface area (Å²) in [5.74, 6) is 0.917. The fourth-order valence-corrected chi connectivity index (χ4v) is 2.30. The molecule has 4 nitrogen and oxygen atoms in total. The molecule has 1 aromatic heterocycles. The Labute approximate surface area is 128 Å². The topological polar surface area (TPSA) is 64.9 Å². The number of nitrogens with zero attached hydrogens (tertiary/aromatic N) is 2. The molecule has 0 aliphatic carbocycles. The first-order valence-electron chi connectivity index (χ1n) is 5.78. The molecule has 6 heteroatoms. The van der Waals surface area contributed by atoms with Gasteiger partial charge in [-0.3, -0.25) is 0 Å². The van der Waals surface area contributed by atoms with Crippen molar-refractivity contribution in [2.24, 2.45) is 0 Å². The van der Waals surface area contributed by atoms with Crippen LogP contribution in [0.5, 0.6) is 0 Å². The summed E-state index contributed by atoms with van der Waals surface area (Å²) in [6, 6.07) is 12.7. The second kappa shape index (κ2) is 5.26. The summed E-state index contributed by atoms with van der Waals surface area (Å²) >= 11 is 9.30. The van der Waals surface area contributed by atoms with E-state index in [2.05, 4.69) is 26.1 Å². The lowest BCUT2D eigenvalue weighted by Crippen LogP contribution is -1.87. The second-order valence-corrected chi connectivity index (χ2v) is 5.46. The maximum absolute atomic E-state index is 5.85. The molecule has 0 bridgehead atoms. The summed E-state index contributed by atoms with van der Waals surface area (Å²) in [6.45, 7) is 0. The Hall–Kier alpha value is -1.85. The molecular formula is C14H9BrClN3O.